The predicted molar refractivity (Wildman–Crippen MR) is 109 cm³/mol. The fourth-order valence-electron chi connectivity index (χ4n) is 2.85. The second kappa shape index (κ2) is 9.15. The highest BCUT2D eigenvalue weighted by molar-refractivity contribution is 14.0. The number of rotatable bonds is 4. The van der Waals surface area contributed by atoms with E-state index in [0.717, 1.165) is 55.6 Å². The molecule has 2 heterocycles. The second-order valence-corrected chi connectivity index (χ2v) is 8.21. The van der Waals surface area contributed by atoms with E-state index < -0.39 is 0 Å². The van der Waals surface area contributed by atoms with Gasteiger partial charge in [-0.15, -0.1) is 24.0 Å². The summed E-state index contributed by atoms with van der Waals surface area (Å²) in [6.07, 6.45) is 2.04. The average molecular weight is 452 g/mol. The highest BCUT2D eigenvalue weighted by atomic mass is 127. The highest BCUT2D eigenvalue weighted by Gasteiger charge is 2.28. The van der Waals surface area contributed by atoms with E-state index in [4.69, 9.17) is 4.52 Å². The third-order valence-corrected chi connectivity index (χ3v) is 5.30. The fourth-order valence-corrected chi connectivity index (χ4v) is 3.97. The lowest BCUT2D eigenvalue weighted by atomic mass is 10.1. The van der Waals surface area contributed by atoms with Crippen LogP contribution in [0.1, 0.15) is 37.3 Å². The number of hydrogen-bond acceptors (Lipinski definition) is 4. The molecular formula is C16H29IN4OS. The predicted octanol–water partition coefficient (Wildman–Crippen LogP) is 3.24. The van der Waals surface area contributed by atoms with Crippen LogP contribution >= 0.6 is 35.7 Å². The first kappa shape index (κ1) is 20.6. The van der Waals surface area contributed by atoms with Gasteiger partial charge >= 0.3 is 0 Å². The smallest absolute Gasteiger partial charge is 0.193 e. The Hall–Kier alpha value is -0.440. The van der Waals surface area contributed by atoms with Gasteiger partial charge in [-0.2, -0.15) is 11.8 Å². The first-order valence-corrected chi connectivity index (χ1v) is 8.93. The normalized spacial score (nSPS) is 17.8. The maximum atomic E-state index is 5.21. The zero-order valence-corrected chi connectivity index (χ0v) is 18.0. The maximum absolute atomic E-state index is 5.21. The molecule has 132 valence electrons. The summed E-state index contributed by atoms with van der Waals surface area (Å²) in [4.78, 5) is 6.81. The third-order valence-electron chi connectivity index (χ3n) is 4.00. The van der Waals surface area contributed by atoms with Crippen LogP contribution in [0.25, 0.3) is 0 Å². The van der Waals surface area contributed by atoms with E-state index in [1.165, 1.54) is 5.56 Å². The summed E-state index contributed by atoms with van der Waals surface area (Å²) in [5.74, 6) is 3.12. The summed E-state index contributed by atoms with van der Waals surface area (Å²) in [6, 6.07) is 0. The van der Waals surface area contributed by atoms with Crippen molar-refractivity contribution < 1.29 is 4.52 Å². The van der Waals surface area contributed by atoms with Gasteiger partial charge in [-0.25, -0.2) is 0 Å². The van der Waals surface area contributed by atoms with Crippen LogP contribution in [-0.2, 0) is 6.42 Å². The van der Waals surface area contributed by atoms with Gasteiger partial charge in [0.2, 0.25) is 0 Å². The van der Waals surface area contributed by atoms with Crippen molar-refractivity contribution in [3.8, 4) is 0 Å². The Kier molecular flexibility index (Phi) is 8.20. The van der Waals surface area contributed by atoms with Gasteiger partial charge in [-0.05, 0) is 40.5 Å². The summed E-state index contributed by atoms with van der Waals surface area (Å²) in [6.45, 7) is 11.6. The molecule has 1 aromatic rings. The van der Waals surface area contributed by atoms with Crippen LogP contribution in [0.4, 0.5) is 0 Å². The van der Waals surface area contributed by atoms with Gasteiger partial charge in [-0.3, -0.25) is 4.99 Å². The molecule has 0 amide bonds. The van der Waals surface area contributed by atoms with Gasteiger partial charge < -0.3 is 14.7 Å². The number of hydrogen-bond donors (Lipinski definition) is 1. The Morgan fingerprint density at radius 3 is 2.74 bits per heavy atom. The molecule has 0 aromatic carbocycles. The van der Waals surface area contributed by atoms with Crippen LogP contribution in [0.15, 0.2) is 9.52 Å². The van der Waals surface area contributed by atoms with Crippen LogP contribution in [-0.4, -0.2) is 53.2 Å². The molecule has 1 aliphatic heterocycles. The van der Waals surface area contributed by atoms with Crippen LogP contribution in [0.2, 0.25) is 0 Å². The highest BCUT2D eigenvalue weighted by Crippen LogP contribution is 2.29. The molecule has 23 heavy (non-hydrogen) atoms. The van der Waals surface area contributed by atoms with E-state index in [2.05, 4.69) is 34.2 Å². The first-order valence-electron chi connectivity index (χ1n) is 7.94. The number of aryl methyl sites for hydroxylation is 2. The van der Waals surface area contributed by atoms with E-state index in [1.807, 2.05) is 32.7 Å². The third kappa shape index (κ3) is 5.85. The van der Waals surface area contributed by atoms with Gasteiger partial charge in [-0.1, -0.05) is 5.16 Å². The Labute approximate surface area is 161 Å². The number of aliphatic imine (C=N–C) groups is 1. The molecule has 1 aliphatic rings. The van der Waals surface area contributed by atoms with E-state index in [-0.39, 0.29) is 24.0 Å². The number of guanidine groups is 1. The van der Waals surface area contributed by atoms with E-state index in [1.54, 1.807) is 0 Å². The molecule has 7 heteroatoms. The van der Waals surface area contributed by atoms with Crippen molar-refractivity contribution >= 4 is 41.7 Å². The molecule has 0 saturated carbocycles. The van der Waals surface area contributed by atoms with Gasteiger partial charge in [0.05, 0.1) is 5.69 Å². The Morgan fingerprint density at radius 1 is 1.43 bits per heavy atom. The molecule has 1 saturated heterocycles. The van der Waals surface area contributed by atoms with Crippen molar-refractivity contribution in [3.63, 3.8) is 0 Å². The summed E-state index contributed by atoms with van der Waals surface area (Å²) < 4.78 is 5.51. The molecule has 1 fully saturated rings. The molecule has 0 aliphatic carbocycles. The molecule has 5 nitrogen and oxygen atoms in total. The topological polar surface area (TPSA) is 53.7 Å². The lowest BCUT2D eigenvalue weighted by Crippen LogP contribution is -2.51. The second-order valence-electron chi connectivity index (χ2n) is 6.41. The van der Waals surface area contributed by atoms with Crippen molar-refractivity contribution in [3.05, 3.63) is 17.0 Å². The Balaban J connectivity index is 0.00000264. The van der Waals surface area contributed by atoms with E-state index >= 15 is 0 Å². The lowest BCUT2D eigenvalue weighted by Gasteiger charge is -2.39. The molecule has 1 aromatic heterocycles. The first-order chi connectivity index (χ1) is 10.4. The van der Waals surface area contributed by atoms with Crippen LogP contribution in [0.5, 0.6) is 0 Å². The van der Waals surface area contributed by atoms with Crippen LogP contribution in [0.3, 0.4) is 0 Å². The quantitative estimate of drug-likeness (QED) is 0.329. The zero-order chi connectivity index (χ0) is 16.2. The molecular weight excluding hydrogens is 423 g/mol. The summed E-state index contributed by atoms with van der Waals surface area (Å²) in [7, 11) is 1.87. The average Bonchev–Trinajstić information content (AvgIpc) is 2.77. The van der Waals surface area contributed by atoms with Gasteiger partial charge in [0, 0.05) is 42.7 Å². The van der Waals surface area contributed by atoms with Crippen molar-refractivity contribution in [2.45, 2.75) is 45.3 Å². The zero-order valence-electron chi connectivity index (χ0n) is 14.8. The number of nitrogens with one attached hydrogen (secondary N) is 1. The van der Waals surface area contributed by atoms with Gasteiger partial charge in [0.15, 0.2) is 5.96 Å². The number of nitrogens with zero attached hydrogens (tertiary/aromatic N) is 3. The minimum Gasteiger partial charge on any atom is -0.361 e. The number of aromatic nitrogens is 1. The Morgan fingerprint density at radius 2 is 2.17 bits per heavy atom. The molecule has 0 spiro atoms. The molecule has 1 N–H and O–H groups in total. The molecule has 0 bridgehead atoms. The molecule has 2 rings (SSSR count). The van der Waals surface area contributed by atoms with Gasteiger partial charge in [0.1, 0.15) is 5.76 Å². The summed E-state index contributed by atoms with van der Waals surface area (Å²) in [5, 5.41) is 7.50. The number of thioether (sulfide) groups is 1. The summed E-state index contributed by atoms with van der Waals surface area (Å²) in [5.41, 5.74) is 2.25. The van der Waals surface area contributed by atoms with Gasteiger partial charge in [0.25, 0.3) is 0 Å². The molecule has 0 radical (unpaired) electrons. The minimum atomic E-state index is 0. The standard InChI is InChI=1S/C16H28N4OS.HI/c1-12-14(13(2)21-19-12)7-6-8-18-15(17-5)20-9-10-22-16(3,4)11-20;/h6-11H2,1-5H3,(H,17,18);1H. The van der Waals surface area contributed by atoms with Crippen LogP contribution < -0.4 is 5.32 Å². The maximum Gasteiger partial charge on any atom is 0.193 e. The molecule has 0 unspecified atom stereocenters. The SMILES string of the molecule is CN=C(NCCCc1c(C)noc1C)N1CCSC(C)(C)C1.I. The Bertz CT molecular complexity index is 511. The molecule has 0 atom stereocenters. The summed E-state index contributed by atoms with van der Waals surface area (Å²) >= 11 is 2.04. The number of halogens is 1. The van der Waals surface area contributed by atoms with E-state index in [0.29, 0.717) is 4.75 Å². The van der Waals surface area contributed by atoms with E-state index in [9.17, 15) is 0 Å². The fraction of sp³-hybridized carbons (Fsp3) is 0.750. The van der Waals surface area contributed by atoms with Crippen LogP contribution in [0, 0.1) is 13.8 Å². The minimum absolute atomic E-state index is 0. The van der Waals surface area contributed by atoms with Crippen molar-refractivity contribution in [2.75, 3.05) is 32.4 Å². The van der Waals surface area contributed by atoms with Crippen molar-refractivity contribution in [1.82, 2.24) is 15.4 Å². The van der Waals surface area contributed by atoms with Crippen molar-refractivity contribution in [2.24, 2.45) is 4.99 Å². The largest absolute Gasteiger partial charge is 0.361 e. The lowest BCUT2D eigenvalue weighted by molar-refractivity contribution is 0.375. The van der Waals surface area contributed by atoms with Crippen molar-refractivity contribution in [1.29, 1.82) is 0 Å². The monoisotopic (exact) mass is 452 g/mol.